The van der Waals surface area contributed by atoms with Crippen LogP contribution in [0.5, 0.6) is 0 Å². The van der Waals surface area contributed by atoms with Crippen LogP contribution >= 0.6 is 11.8 Å². The van der Waals surface area contributed by atoms with Crippen molar-refractivity contribution in [1.82, 2.24) is 4.90 Å². The number of hydrogen-bond acceptors (Lipinski definition) is 3. The highest BCUT2D eigenvalue weighted by atomic mass is 32.2. The van der Waals surface area contributed by atoms with Gasteiger partial charge in [-0.25, -0.2) is 0 Å². The lowest BCUT2D eigenvalue weighted by atomic mass is 10.1. The first-order valence-corrected chi connectivity index (χ1v) is 9.48. The fourth-order valence-electron chi connectivity index (χ4n) is 3.62. The molecule has 0 aromatic heterocycles. The fraction of sp³-hybridized carbons (Fsp3) is 0.300. The van der Waals surface area contributed by atoms with Crippen LogP contribution in [0.25, 0.3) is 11.1 Å². The minimum Gasteiger partial charge on any atom is -0.324 e. The molecule has 2 fully saturated rings. The smallest absolute Gasteiger partial charge is 0.248 e. The first kappa shape index (κ1) is 16.2. The summed E-state index contributed by atoms with van der Waals surface area (Å²) in [4.78, 5) is 26.4. The van der Waals surface area contributed by atoms with Crippen molar-refractivity contribution in [3.05, 3.63) is 54.6 Å². The molecule has 2 aliphatic rings. The van der Waals surface area contributed by atoms with E-state index in [1.807, 2.05) is 42.5 Å². The largest absolute Gasteiger partial charge is 0.324 e. The van der Waals surface area contributed by atoms with E-state index in [0.717, 1.165) is 23.2 Å². The molecule has 2 aliphatic heterocycles. The highest BCUT2D eigenvalue weighted by Crippen LogP contribution is 2.47. The van der Waals surface area contributed by atoms with Gasteiger partial charge in [-0.3, -0.25) is 9.59 Å². The predicted octanol–water partition coefficient (Wildman–Crippen LogP) is 3.75. The standard InChI is InChI=1S/C20H20N2O2S/c1-20-12-11-18(23)22(20)17(13-25-20)19(24)21-16-9-7-15(8-10-16)14-5-3-2-4-6-14/h2-10,17H,11-13H2,1H3,(H,21,24)/t17-,20+/m0/s1. The Labute approximate surface area is 151 Å². The second kappa shape index (κ2) is 6.23. The summed E-state index contributed by atoms with van der Waals surface area (Å²) in [6.45, 7) is 2.06. The van der Waals surface area contributed by atoms with Crippen molar-refractivity contribution in [1.29, 1.82) is 0 Å². The number of amides is 2. The predicted molar refractivity (Wildman–Crippen MR) is 101 cm³/mol. The topological polar surface area (TPSA) is 49.4 Å². The van der Waals surface area contributed by atoms with E-state index in [1.54, 1.807) is 16.7 Å². The van der Waals surface area contributed by atoms with Crippen LogP contribution in [0.15, 0.2) is 54.6 Å². The van der Waals surface area contributed by atoms with Crippen LogP contribution < -0.4 is 5.32 Å². The van der Waals surface area contributed by atoms with Crippen molar-refractivity contribution in [2.24, 2.45) is 0 Å². The van der Waals surface area contributed by atoms with Crippen molar-refractivity contribution in [3.8, 4) is 11.1 Å². The third-order valence-corrected chi connectivity index (χ3v) is 6.51. The normalized spacial score (nSPS) is 25.1. The lowest BCUT2D eigenvalue weighted by Crippen LogP contribution is -2.48. The van der Waals surface area contributed by atoms with E-state index < -0.39 is 0 Å². The van der Waals surface area contributed by atoms with Crippen LogP contribution in [0.1, 0.15) is 19.8 Å². The van der Waals surface area contributed by atoms with Gasteiger partial charge in [0.25, 0.3) is 0 Å². The van der Waals surface area contributed by atoms with Gasteiger partial charge >= 0.3 is 0 Å². The summed E-state index contributed by atoms with van der Waals surface area (Å²) >= 11 is 1.71. The van der Waals surface area contributed by atoms with E-state index in [-0.39, 0.29) is 22.7 Å². The number of anilines is 1. The van der Waals surface area contributed by atoms with Gasteiger partial charge < -0.3 is 10.2 Å². The van der Waals surface area contributed by atoms with Gasteiger partial charge in [-0.05, 0) is 36.6 Å². The van der Waals surface area contributed by atoms with Crippen LogP contribution in [-0.2, 0) is 9.59 Å². The highest BCUT2D eigenvalue weighted by molar-refractivity contribution is 8.01. The van der Waals surface area contributed by atoms with Crippen LogP contribution in [0.2, 0.25) is 0 Å². The van der Waals surface area contributed by atoms with Gasteiger partial charge in [0.2, 0.25) is 11.8 Å². The van der Waals surface area contributed by atoms with Crippen LogP contribution in [-0.4, -0.2) is 33.4 Å². The Balaban J connectivity index is 1.47. The molecule has 2 amide bonds. The number of thioether (sulfide) groups is 1. The number of nitrogens with one attached hydrogen (secondary N) is 1. The van der Waals surface area contributed by atoms with Crippen molar-refractivity contribution >= 4 is 29.3 Å². The van der Waals surface area contributed by atoms with Gasteiger partial charge in [0.05, 0.1) is 4.87 Å². The maximum atomic E-state index is 12.7. The number of rotatable bonds is 3. The zero-order valence-corrected chi connectivity index (χ0v) is 14.9. The molecule has 0 unspecified atom stereocenters. The Bertz CT molecular complexity index is 806. The molecule has 25 heavy (non-hydrogen) atoms. The Morgan fingerprint density at radius 2 is 1.80 bits per heavy atom. The van der Waals surface area contributed by atoms with E-state index in [0.29, 0.717) is 12.2 Å². The first-order chi connectivity index (χ1) is 12.1. The molecule has 0 saturated carbocycles. The minimum atomic E-state index is -0.376. The molecule has 2 aromatic rings. The van der Waals surface area contributed by atoms with Gasteiger partial charge in [-0.2, -0.15) is 0 Å². The molecule has 1 N–H and O–H groups in total. The number of nitrogens with zero attached hydrogens (tertiary/aromatic N) is 1. The Kier molecular flexibility index (Phi) is 4.04. The van der Waals surface area contributed by atoms with E-state index >= 15 is 0 Å². The van der Waals surface area contributed by atoms with Gasteiger partial charge in [-0.15, -0.1) is 11.8 Å². The highest BCUT2D eigenvalue weighted by Gasteiger charge is 2.52. The van der Waals surface area contributed by atoms with Gasteiger partial charge in [0.1, 0.15) is 6.04 Å². The van der Waals surface area contributed by atoms with Crippen LogP contribution in [0.4, 0.5) is 5.69 Å². The number of carbonyl (C=O) groups excluding carboxylic acids is 2. The van der Waals surface area contributed by atoms with E-state index in [1.165, 1.54) is 0 Å². The fourth-order valence-corrected chi connectivity index (χ4v) is 5.05. The molecule has 2 aromatic carbocycles. The van der Waals surface area contributed by atoms with Crippen LogP contribution in [0.3, 0.4) is 0 Å². The average molecular weight is 352 g/mol. The number of benzene rings is 2. The molecular weight excluding hydrogens is 332 g/mol. The molecule has 5 heteroatoms. The number of hydrogen-bond donors (Lipinski definition) is 1. The Morgan fingerprint density at radius 1 is 1.12 bits per heavy atom. The Morgan fingerprint density at radius 3 is 2.52 bits per heavy atom. The monoisotopic (exact) mass is 352 g/mol. The Hall–Kier alpha value is -2.27. The molecule has 0 radical (unpaired) electrons. The summed E-state index contributed by atoms with van der Waals surface area (Å²) in [6.07, 6.45) is 1.37. The van der Waals surface area contributed by atoms with Crippen LogP contribution in [0, 0.1) is 0 Å². The third kappa shape index (κ3) is 2.93. The SMILES string of the molecule is C[C@@]12CCC(=O)N1[C@H](C(=O)Nc1ccc(-c3ccccc3)cc1)CS2. The second-order valence-electron chi connectivity index (χ2n) is 6.70. The summed E-state index contributed by atoms with van der Waals surface area (Å²) in [7, 11) is 0. The molecule has 4 rings (SSSR count). The van der Waals surface area contributed by atoms with E-state index in [2.05, 4.69) is 24.4 Å². The molecule has 2 atom stereocenters. The lowest BCUT2D eigenvalue weighted by molar-refractivity contribution is -0.135. The first-order valence-electron chi connectivity index (χ1n) is 8.49. The molecule has 128 valence electrons. The minimum absolute atomic E-state index is 0.0899. The lowest BCUT2D eigenvalue weighted by Gasteiger charge is -2.29. The average Bonchev–Trinajstić information content (AvgIpc) is 3.13. The molecular formula is C20H20N2O2S. The van der Waals surface area contributed by atoms with Gasteiger partial charge in [-0.1, -0.05) is 42.5 Å². The summed E-state index contributed by atoms with van der Waals surface area (Å²) in [6, 6.07) is 17.6. The molecule has 0 aliphatic carbocycles. The maximum absolute atomic E-state index is 12.7. The maximum Gasteiger partial charge on any atom is 0.248 e. The zero-order valence-electron chi connectivity index (χ0n) is 14.1. The summed E-state index contributed by atoms with van der Waals surface area (Å²) in [5, 5.41) is 2.97. The quantitative estimate of drug-likeness (QED) is 0.915. The van der Waals surface area contributed by atoms with Gasteiger partial charge in [0, 0.05) is 17.9 Å². The molecule has 2 heterocycles. The van der Waals surface area contributed by atoms with Crippen molar-refractivity contribution in [2.75, 3.05) is 11.1 Å². The van der Waals surface area contributed by atoms with Crippen molar-refractivity contribution in [3.63, 3.8) is 0 Å². The number of fused-ring (bicyclic) bond motifs is 1. The van der Waals surface area contributed by atoms with E-state index in [9.17, 15) is 9.59 Å². The summed E-state index contributed by atoms with van der Waals surface area (Å²) in [5.74, 6) is 0.655. The molecule has 0 bridgehead atoms. The van der Waals surface area contributed by atoms with E-state index in [4.69, 9.17) is 0 Å². The zero-order chi connectivity index (χ0) is 17.4. The molecule has 2 saturated heterocycles. The number of carbonyl (C=O) groups is 2. The molecule has 0 spiro atoms. The third-order valence-electron chi connectivity index (χ3n) is 5.01. The second-order valence-corrected chi connectivity index (χ2v) is 8.20. The van der Waals surface area contributed by atoms with Crippen molar-refractivity contribution < 1.29 is 9.59 Å². The van der Waals surface area contributed by atoms with Crippen molar-refractivity contribution in [2.45, 2.75) is 30.7 Å². The summed E-state index contributed by atoms with van der Waals surface area (Å²) < 4.78 is 0. The van der Waals surface area contributed by atoms with Gasteiger partial charge in [0.15, 0.2) is 0 Å². The summed E-state index contributed by atoms with van der Waals surface area (Å²) in [5.41, 5.74) is 3.01. The molecule has 4 nitrogen and oxygen atoms in total.